The average Bonchev–Trinajstić information content (AvgIpc) is 3.21. The van der Waals surface area contributed by atoms with Crippen LogP contribution in [0.4, 0.5) is 0 Å². The molecule has 39 heavy (non-hydrogen) atoms. The van der Waals surface area contributed by atoms with Gasteiger partial charge in [0.1, 0.15) is 11.4 Å². The Bertz CT molecular complexity index is 1370. The van der Waals surface area contributed by atoms with E-state index in [2.05, 4.69) is 58.0 Å². The second-order valence-corrected chi connectivity index (χ2v) is 13.1. The minimum absolute atomic E-state index is 0.0144. The summed E-state index contributed by atoms with van der Waals surface area (Å²) < 4.78 is 16.4. The predicted octanol–water partition coefficient (Wildman–Crippen LogP) is 4.29. The number of aryl methyl sites for hydroxylation is 1. The third-order valence-corrected chi connectivity index (χ3v) is 9.56. The van der Waals surface area contributed by atoms with Crippen molar-refractivity contribution in [2.45, 2.75) is 63.6 Å². The lowest BCUT2D eigenvalue weighted by Gasteiger charge is -2.55. The lowest BCUT2D eigenvalue weighted by atomic mass is 9.68. The van der Waals surface area contributed by atoms with Crippen LogP contribution in [0.25, 0.3) is 0 Å². The normalized spacial score (nSPS) is 27.6. The molecule has 1 aromatic carbocycles. The zero-order valence-electron chi connectivity index (χ0n) is 23.1. The van der Waals surface area contributed by atoms with Crippen molar-refractivity contribution in [3.05, 3.63) is 51.3 Å². The number of rotatable bonds is 1. The number of nitrogens with zero attached hydrogens (tertiary/aromatic N) is 6. The Morgan fingerprint density at radius 3 is 2.79 bits per heavy atom. The van der Waals surface area contributed by atoms with Crippen LogP contribution >= 0.6 is 27.7 Å². The summed E-state index contributed by atoms with van der Waals surface area (Å²) in [6.07, 6.45) is 3.66. The highest BCUT2D eigenvalue weighted by molar-refractivity contribution is 9.10. The molecule has 1 saturated heterocycles. The standard InChI is InChI=1S/C28H35BrN6O3S/c1-27(2)28(21-11-18(29)8-7-17(21)15-37-27)13-23-20(16-38-28)24(31-26(30-23)39-5)34-9-6-10-35-19(14-34)12-22(32-35)25(36)33(3)4/h7-8,11-12,20,23H,6,9-10,13-16H2,1-5H3. The third-order valence-electron chi connectivity index (χ3n) is 8.50. The molecule has 0 saturated carbocycles. The number of ether oxygens (including phenoxy) is 2. The van der Waals surface area contributed by atoms with Gasteiger partial charge in [-0.25, -0.2) is 4.99 Å². The zero-order valence-corrected chi connectivity index (χ0v) is 25.5. The summed E-state index contributed by atoms with van der Waals surface area (Å²) in [5.41, 5.74) is 2.74. The predicted molar refractivity (Wildman–Crippen MR) is 156 cm³/mol. The fraction of sp³-hybridized carbons (Fsp3) is 0.571. The van der Waals surface area contributed by atoms with Gasteiger partial charge in [0.25, 0.3) is 5.91 Å². The van der Waals surface area contributed by atoms with Gasteiger partial charge in [-0.3, -0.25) is 14.5 Å². The quantitative estimate of drug-likeness (QED) is 0.476. The maximum Gasteiger partial charge on any atom is 0.273 e. The van der Waals surface area contributed by atoms with Crippen molar-refractivity contribution in [3.8, 4) is 0 Å². The van der Waals surface area contributed by atoms with E-state index < -0.39 is 11.2 Å². The number of carbonyl (C=O) groups excluding carboxylic acids is 1. The Labute approximate surface area is 242 Å². The van der Waals surface area contributed by atoms with Gasteiger partial charge in [-0.2, -0.15) is 5.10 Å². The molecule has 3 unspecified atom stereocenters. The summed E-state index contributed by atoms with van der Waals surface area (Å²) in [6, 6.07) is 8.33. The summed E-state index contributed by atoms with van der Waals surface area (Å²) in [6.45, 7) is 7.63. The Kier molecular flexibility index (Phi) is 6.92. The Hall–Kier alpha value is -2.21. The van der Waals surface area contributed by atoms with Crippen LogP contribution in [0.3, 0.4) is 0 Å². The molecular formula is C28H35BrN6O3S. The summed E-state index contributed by atoms with van der Waals surface area (Å²) >= 11 is 5.27. The molecule has 5 heterocycles. The Morgan fingerprint density at radius 2 is 2.03 bits per heavy atom. The van der Waals surface area contributed by atoms with E-state index in [0.29, 0.717) is 31.9 Å². The number of benzene rings is 1. The molecule has 6 rings (SSSR count). The highest BCUT2D eigenvalue weighted by Gasteiger charge is 2.58. The second-order valence-electron chi connectivity index (χ2n) is 11.4. The van der Waals surface area contributed by atoms with Gasteiger partial charge in [0.15, 0.2) is 10.9 Å². The van der Waals surface area contributed by atoms with Gasteiger partial charge in [-0.15, -0.1) is 0 Å². The number of halogens is 1. The van der Waals surface area contributed by atoms with Gasteiger partial charge < -0.3 is 19.3 Å². The molecule has 0 radical (unpaired) electrons. The van der Waals surface area contributed by atoms with Crippen LogP contribution in [-0.4, -0.2) is 81.6 Å². The SMILES string of the molecule is CSC1=NC2CC3(OCC2C(N2CCCn4nc(C(=O)N(C)C)cc4C2)=N1)c1cc(Br)ccc1COC3(C)C. The van der Waals surface area contributed by atoms with Gasteiger partial charge >= 0.3 is 0 Å². The van der Waals surface area contributed by atoms with Crippen LogP contribution in [0.15, 0.2) is 38.7 Å². The van der Waals surface area contributed by atoms with E-state index >= 15 is 0 Å². The molecule has 1 amide bonds. The van der Waals surface area contributed by atoms with Gasteiger partial charge in [0.2, 0.25) is 0 Å². The van der Waals surface area contributed by atoms with E-state index in [1.54, 1.807) is 30.8 Å². The maximum absolute atomic E-state index is 12.6. The number of amides is 1. The first-order valence-corrected chi connectivity index (χ1v) is 15.4. The van der Waals surface area contributed by atoms with Crippen LogP contribution < -0.4 is 0 Å². The summed E-state index contributed by atoms with van der Waals surface area (Å²) in [5, 5.41) is 5.41. The lowest BCUT2D eigenvalue weighted by Crippen LogP contribution is -2.61. The molecule has 1 aromatic heterocycles. The largest absolute Gasteiger partial charge is 0.368 e. The molecule has 0 N–H and O–H groups in total. The van der Waals surface area contributed by atoms with Crippen molar-refractivity contribution >= 4 is 44.6 Å². The molecule has 0 bridgehead atoms. The monoisotopic (exact) mass is 614 g/mol. The molecule has 9 nitrogen and oxygen atoms in total. The van der Waals surface area contributed by atoms with Crippen LogP contribution in [0.2, 0.25) is 0 Å². The van der Waals surface area contributed by atoms with Crippen LogP contribution in [0.5, 0.6) is 0 Å². The Balaban J connectivity index is 1.33. The van der Waals surface area contributed by atoms with Gasteiger partial charge in [0.05, 0.1) is 43.0 Å². The first-order chi connectivity index (χ1) is 18.6. The smallest absolute Gasteiger partial charge is 0.273 e. The highest BCUT2D eigenvalue weighted by atomic mass is 79.9. The van der Waals surface area contributed by atoms with Crippen LogP contribution in [0.1, 0.15) is 54.0 Å². The van der Waals surface area contributed by atoms with Crippen molar-refractivity contribution in [2.75, 3.05) is 33.5 Å². The lowest BCUT2D eigenvalue weighted by molar-refractivity contribution is -0.240. The molecule has 0 aliphatic carbocycles. The minimum Gasteiger partial charge on any atom is -0.368 e. The molecule has 208 valence electrons. The van der Waals surface area contributed by atoms with Crippen molar-refractivity contribution in [3.63, 3.8) is 0 Å². The Morgan fingerprint density at radius 1 is 1.21 bits per heavy atom. The van der Waals surface area contributed by atoms with E-state index in [0.717, 1.165) is 40.7 Å². The van der Waals surface area contributed by atoms with E-state index in [1.165, 1.54) is 11.1 Å². The first-order valence-electron chi connectivity index (χ1n) is 13.4. The summed E-state index contributed by atoms with van der Waals surface area (Å²) in [4.78, 5) is 26.7. The van der Waals surface area contributed by atoms with E-state index in [9.17, 15) is 4.79 Å². The fourth-order valence-corrected chi connectivity index (χ4v) is 7.11. The van der Waals surface area contributed by atoms with E-state index in [-0.39, 0.29) is 17.9 Å². The maximum atomic E-state index is 12.6. The number of fused-ring (bicyclic) bond motifs is 4. The number of carbonyl (C=O) groups is 1. The average molecular weight is 616 g/mol. The topological polar surface area (TPSA) is 84.5 Å². The number of aliphatic imine (C=N–C) groups is 2. The number of aromatic nitrogens is 2. The molecule has 1 fully saturated rings. The van der Waals surface area contributed by atoms with Gasteiger partial charge in [0, 0.05) is 38.1 Å². The minimum atomic E-state index is -0.611. The van der Waals surface area contributed by atoms with E-state index in [4.69, 9.17) is 19.5 Å². The van der Waals surface area contributed by atoms with Crippen LogP contribution in [0, 0.1) is 5.92 Å². The number of hydrogen-bond donors (Lipinski definition) is 0. The van der Waals surface area contributed by atoms with Gasteiger partial charge in [-0.1, -0.05) is 33.8 Å². The molecule has 11 heteroatoms. The first kappa shape index (κ1) is 27.0. The molecule has 4 aliphatic rings. The third kappa shape index (κ3) is 4.55. The van der Waals surface area contributed by atoms with Crippen molar-refractivity contribution in [1.29, 1.82) is 0 Å². The van der Waals surface area contributed by atoms with E-state index in [1.807, 2.05) is 17.0 Å². The zero-order chi connectivity index (χ0) is 27.5. The van der Waals surface area contributed by atoms with Crippen LogP contribution in [-0.2, 0) is 34.8 Å². The number of amidine groups is 2. The van der Waals surface area contributed by atoms with Crippen molar-refractivity contribution < 1.29 is 14.3 Å². The molecule has 3 atom stereocenters. The van der Waals surface area contributed by atoms with Crippen molar-refractivity contribution in [1.82, 2.24) is 19.6 Å². The summed E-state index contributed by atoms with van der Waals surface area (Å²) in [5.74, 6) is 0.981. The molecule has 1 spiro atoms. The highest BCUT2D eigenvalue weighted by Crippen LogP contribution is 2.52. The molecule has 2 aromatic rings. The number of thioether (sulfide) groups is 1. The van der Waals surface area contributed by atoms with Crippen molar-refractivity contribution in [2.24, 2.45) is 15.9 Å². The second kappa shape index (κ2) is 10.0. The molecule has 4 aliphatic heterocycles. The van der Waals surface area contributed by atoms with Gasteiger partial charge in [-0.05, 0) is 55.9 Å². The number of hydrogen-bond acceptors (Lipinski definition) is 8. The summed E-state index contributed by atoms with van der Waals surface area (Å²) in [7, 11) is 3.51. The molecular weight excluding hydrogens is 580 g/mol. The fourth-order valence-electron chi connectivity index (χ4n) is 6.32.